The number of hydrogen-bond acceptors (Lipinski definition) is 6. The molecule has 50 heavy (non-hydrogen) atoms. The van der Waals surface area contributed by atoms with Crippen molar-refractivity contribution in [2.24, 2.45) is 0 Å². The summed E-state index contributed by atoms with van der Waals surface area (Å²) in [6.45, 7) is 14.8. The van der Waals surface area contributed by atoms with Gasteiger partial charge in [0, 0.05) is 54.3 Å². The average Bonchev–Trinajstić information content (AvgIpc) is 3.54. The molecule has 9 heteroatoms. The van der Waals surface area contributed by atoms with Crippen LogP contribution in [0.5, 0.6) is 5.75 Å². The standard InChI is InChI=1S/C41H50N4O4S/c1-5-7-22-48-23-24-49-38-15-10-32(11-16-38)33-12-19-40-35(25-33)26-34(9-8-21-44(40)28-31(3)4)41(46)43-36-13-17-39(18-14-36)50(47)29-37-27-42-30-45(37)20-6-2/h10-19,25-27,30H,3,5-9,20-24,28-29H2,1-2,4H3,(H,43,46). The Balaban J connectivity index is 1.30. The number of nitrogens with zero attached hydrogens (tertiary/aromatic N) is 3. The molecule has 1 amide bonds. The number of aryl methyl sites for hydroxylation is 1. The zero-order valence-corrected chi connectivity index (χ0v) is 30.5. The Hall–Kier alpha value is -4.47. The molecule has 1 atom stereocenters. The van der Waals surface area contributed by atoms with Gasteiger partial charge in [0.15, 0.2) is 0 Å². The van der Waals surface area contributed by atoms with Gasteiger partial charge in [-0.05, 0) is 104 Å². The van der Waals surface area contributed by atoms with Crippen molar-refractivity contribution in [2.75, 3.05) is 43.1 Å². The summed E-state index contributed by atoms with van der Waals surface area (Å²) < 4.78 is 26.6. The van der Waals surface area contributed by atoms with Crippen LogP contribution >= 0.6 is 0 Å². The molecule has 0 saturated carbocycles. The lowest BCUT2D eigenvalue weighted by Gasteiger charge is -2.29. The molecule has 0 aliphatic carbocycles. The van der Waals surface area contributed by atoms with E-state index in [4.69, 9.17) is 9.47 Å². The summed E-state index contributed by atoms with van der Waals surface area (Å²) in [6.07, 6.45) is 10.2. The smallest absolute Gasteiger partial charge is 0.251 e. The Morgan fingerprint density at radius 2 is 1.76 bits per heavy atom. The maximum atomic E-state index is 13.7. The Morgan fingerprint density at radius 3 is 2.50 bits per heavy atom. The van der Waals surface area contributed by atoms with Crippen LogP contribution in [0.15, 0.2) is 102 Å². The van der Waals surface area contributed by atoms with Crippen LogP contribution < -0.4 is 15.0 Å². The maximum Gasteiger partial charge on any atom is 0.251 e. The number of rotatable bonds is 17. The molecule has 1 aliphatic rings. The van der Waals surface area contributed by atoms with E-state index in [1.54, 1.807) is 12.5 Å². The third-order valence-corrected chi connectivity index (χ3v) is 9.92. The number of aromatic nitrogens is 2. The van der Waals surface area contributed by atoms with Gasteiger partial charge in [-0.3, -0.25) is 9.00 Å². The lowest BCUT2D eigenvalue weighted by atomic mass is 9.96. The molecule has 1 unspecified atom stereocenters. The van der Waals surface area contributed by atoms with Crippen molar-refractivity contribution in [3.05, 3.63) is 108 Å². The summed E-state index contributed by atoms with van der Waals surface area (Å²) in [5.41, 5.74) is 7.63. The number of nitrogens with one attached hydrogen (secondary N) is 1. The van der Waals surface area contributed by atoms with Crippen LogP contribution in [0.4, 0.5) is 11.4 Å². The first kappa shape index (κ1) is 36.8. The molecule has 0 spiro atoms. The first-order valence-electron chi connectivity index (χ1n) is 17.7. The van der Waals surface area contributed by atoms with E-state index < -0.39 is 10.8 Å². The molecule has 0 bridgehead atoms. The fourth-order valence-electron chi connectivity index (χ4n) is 5.99. The van der Waals surface area contributed by atoms with Gasteiger partial charge in [-0.25, -0.2) is 4.98 Å². The highest BCUT2D eigenvalue weighted by Gasteiger charge is 2.19. The highest BCUT2D eigenvalue weighted by atomic mass is 32.2. The number of carbonyl (C=O) groups is 1. The Morgan fingerprint density at radius 1 is 0.980 bits per heavy atom. The van der Waals surface area contributed by atoms with E-state index in [9.17, 15) is 9.00 Å². The topological polar surface area (TPSA) is 85.7 Å². The normalized spacial score (nSPS) is 13.5. The number of hydrogen-bond donors (Lipinski definition) is 1. The Bertz CT molecular complexity index is 1780. The van der Waals surface area contributed by atoms with Crippen molar-refractivity contribution < 1.29 is 18.5 Å². The number of amides is 1. The Kier molecular flexibility index (Phi) is 13.6. The molecule has 1 aromatic heterocycles. The second kappa shape index (κ2) is 18.5. The fourth-order valence-corrected chi connectivity index (χ4v) is 7.10. The first-order valence-corrected chi connectivity index (χ1v) is 19.0. The molecule has 0 saturated heterocycles. The fraction of sp³-hybridized carbons (Fsp3) is 0.366. The third-order valence-electron chi connectivity index (χ3n) is 8.57. The van der Waals surface area contributed by atoms with E-state index >= 15 is 0 Å². The summed E-state index contributed by atoms with van der Waals surface area (Å²) in [7, 11) is -1.22. The quantitative estimate of drug-likeness (QED) is 0.0880. The van der Waals surface area contributed by atoms with E-state index in [2.05, 4.69) is 66.0 Å². The first-order chi connectivity index (χ1) is 24.3. The van der Waals surface area contributed by atoms with Crippen LogP contribution in [0.3, 0.4) is 0 Å². The number of ether oxygens (including phenoxy) is 2. The van der Waals surface area contributed by atoms with Gasteiger partial charge in [0.2, 0.25) is 0 Å². The van der Waals surface area contributed by atoms with Gasteiger partial charge < -0.3 is 24.3 Å². The lowest BCUT2D eigenvalue weighted by Crippen LogP contribution is -2.28. The van der Waals surface area contributed by atoms with E-state index in [0.29, 0.717) is 36.0 Å². The second-order valence-corrected chi connectivity index (χ2v) is 14.3. The number of carbonyl (C=O) groups excluding carboxylic acids is 1. The van der Waals surface area contributed by atoms with Crippen molar-refractivity contribution >= 4 is 34.2 Å². The third kappa shape index (κ3) is 10.3. The SMILES string of the molecule is C=C(C)CN1CCCC(C(=O)Nc2ccc(S(=O)Cc3cncn3CCC)cc2)=Cc2cc(-c3ccc(OCCOCCCC)cc3)ccc21. The number of fused-ring (bicyclic) bond motifs is 1. The molecule has 4 aromatic rings. The molecule has 1 N–H and O–H groups in total. The summed E-state index contributed by atoms with van der Waals surface area (Å²) >= 11 is 0. The Labute approximate surface area is 299 Å². The van der Waals surface area contributed by atoms with Gasteiger partial charge in [-0.15, -0.1) is 0 Å². The van der Waals surface area contributed by atoms with Crippen LogP contribution in [0.1, 0.15) is 64.1 Å². The van der Waals surface area contributed by atoms with Gasteiger partial charge in [0.25, 0.3) is 5.91 Å². The van der Waals surface area contributed by atoms with Gasteiger partial charge in [-0.1, -0.05) is 50.6 Å². The van der Waals surface area contributed by atoms with Crippen LogP contribution in [-0.2, 0) is 32.6 Å². The highest BCUT2D eigenvalue weighted by molar-refractivity contribution is 7.84. The van der Waals surface area contributed by atoms with Gasteiger partial charge in [-0.2, -0.15) is 0 Å². The van der Waals surface area contributed by atoms with E-state index in [0.717, 1.165) is 96.9 Å². The summed E-state index contributed by atoms with van der Waals surface area (Å²) in [5.74, 6) is 1.08. The summed E-state index contributed by atoms with van der Waals surface area (Å²) in [5, 5.41) is 3.08. The number of anilines is 2. The zero-order chi connectivity index (χ0) is 35.3. The van der Waals surface area contributed by atoms with Gasteiger partial charge >= 0.3 is 0 Å². The molecule has 0 radical (unpaired) electrons. The monoisotopic (exact) mass is 694 g/mol. The van der Waals surface area contributed by atoms with Crippen molar-refractivity contribution in [1.29, 1.82) is 0 Å². The average molecular weight is 695 g/mol. The maximum absolute atomic E-state index is 13.7. The van der Waals surface area contributed by atoms with Crippen molar-refractivity contribution in [2.45, 2.75) is 70.1 Å². The number of imidazole rings is 1. The summed E-state index contributed by atoms with van der Waals surface area (Å²) in [4.78, 5) is 21.0. The van der Waals surface area contributed by atoms with Gasteiger partial charge in [0.1, 0.15) is 12.4 Å². The van der Waals surface area contributed by atoms with Crippen LogP contribution in [0.25, 0.3) is 17.2 Å². The number of benzene rings is 3. The molecule has 5 rings (SSSR count). The molecule has 8 nitrogen and oxygen atoms in total. The molecular weight excluding hydrogens is 645 g/mol. The minimum absolute atomic E-state index is 0.132. The molecule has 0 fully saturated rings. The number of unbranched alkanes of at least 4 members (excludes halogenated alkanes) is 1. The van der Waals surface area contributed by atoms with Crippen LogP contribution in [0.2, 0.25) is 0 Å². The van der Waals surface area contributed by atoms with E-state index in [1.807, 2.05) is 54.0 Å². The second-order valence-electron chi connectivity index (χ2n) is 12.8. The van der Waals surface area contributed by atoms with Crippen molar-refractivity contribution in [1.82, 2.24) is 9.55 Å². The predicted molar refractivity (Wildman–Crippen MR) is 205 cm³/mol. The van der Waals surface area contributed by atoms with Crippen molar-refractivity contribution in [3.8, 4) is 16.9 Å². The molecular formula is C41H50N4O4S. The van der Waals surface area contributed by atoms with E-state index in [-0.39, 0.29) is 5.91 Å². The largest absolute Gasteiger partial charge is 0.491 e. The van der Waals surface area contributed by atoms with Gasteiger partial charge in [0.05, 0.1) is 35.2 Å². The molecule has 2 heterocycles. The van der Waals surface area contributed by atoms with Crippen molar-refractivity contribution in [3.63, 3.8) is 0 Å². The highest BCUT2D eigenvalue weighted by Crippen LogP contribution is 2.33. The molecule has 1 aliphatic heterocycles. The minimum Gasteiger partial charge on any atom is -0.491 e. The minimum atomic E-state index is -1.22. The summed E-state index contributed by atoms with van der Waals surface area (Å²) in [6, 6.07) is 21.9. The molecule has 3 aromatic carbocycles. The predicted octanol–water partition coefficient (Wildman–Crippen LogP) is 8.66. The van der Waals surface area contributed by atoms with Crippen LogP contribution in [0, 0.1) is 0 Å². The molecule has 264 valence electrons. The van der Waals surface area contributed by atoms with E-state index in [1.165, 1.54) is 0 Å². The lowest BCUT2D eigenvalue weighted by molar-refractivity contribution is -0.112. The zero-order valence-electron chi connectivity index (χ0n) is 29.7. The van der Waals surface area contributed by atoms with Crippen LogP contribution in [-0.4, -0.2) is 52.6 Å².